The van der Waals surface area contributed by atoms with E-state index in [0.29, 0.717) is 35.3 Å². The highest BCUT2D eigenvalue weighted by molar-refractivity contribution is 6.29. The average molecular weight is 480 g/mol. The van der Waals surface area contributed by atoms with Crippen molar-refractivity contribution in [1.29, 1.82) is 0 Å². The van der Waals surface area contributed by atoms with Gasteiger partial charge < -0.3 is 9.74 Å². The molecule has 0 spiro atoms. The molecule has 2 aliphatic heterocycles. The maximum atomic E-state index is 13.6. The lowest BCUT2D eigenvalue weighted by Gasteiger charge is -2.43. The minimum absolute atomic E-state index is 0.0840. The van der Waals surface area contributed by atoms with Crippen molar-refractivity contribution in [3.05, 3.63) is 64.8 Å². The third-order valence-electron chi connectivity index (χ3n) is 6.18. The van der Waals surface area contributed by atoms with Crippen molar-refractivity contribution in [1.82, 2.24) is 19.9 Å². The highest BCUT2D eigenvalue weighted by Crippen LogP contribution is 2.41. The first-order valence-electron chi connectivity index (χ1n) is 10.9. The van der Waals surface area contributed by atoms with Crippen LogP contribution in [-0.2, 0) is 14.4 Å². The van der Waals surface area contributed by atoms with Crippen LogP contribution in [0.2, 0.25) is 5.15 Å². The van der Waals surface area contributed by atoms with Gasteiger partial charge in [-0.15, -0.1) is 5.06 Å². The quantitative estimate of drug-likeness (QED) is 0.533. The molecule has 174 valence electrons. The molecule has 0 radical (unpaired) electrons. The van der Waals surface area contributed by atoms with Crippen LogP contribution in [0.4, 0.5) is 5.82 Å². The molecule has 1 aromatic carbocycles. The Bertz CT molecular complexity index is 1320. The lowest BCUT2D eigenvalue weighted by Crippen LogP contribution is -2.58. The number of anilines is 1. The van der Waals surface area contributed by atoms with E-state index in [2.05, 4.69) is 9.97 Å². The van der Waals surface area contributed by atoms with E-state index in [4.69, 9.17) is 16.4 Å². The Morgan fingerprint density at radius 3 is 2.56 bits per heavy atom. The molecule has 2 amide bonds. The van der Waals surface area contributed by atoms with E-state index in [1.165, 1.54) is 13.8 Å². The summed E-state index contributed by atoms with van der Waals surface area (Å²) in [7, 11) is 0. The molecule has 5 rings (SSSR count). The normalized spacial score (nSPS) is 20.5. The number of halogens is 1. The molecule has 9 nitrogen and oxygen atoms in total. The predicted octanol–water partition coefficient (Wildman–Crippen LogP) is 3.00. The van der Waals surface area contributed by atoms with E-state index in [0.717, 1.165) is 10.9 Å². The summed E-state index contributed by atoms with van der Waals surface area (Å²) in [6, 6.07) is 13.4. The number of rotatable bonds is 3. The van der Waals surface area contributed by atoms with Crippen LogP contribution in [0, 0.1) is 0 Å². The summed E-state index contributed by atoms with van der Waals surface area (Å²) < 4.78 is 0. The van der Waals surface area contributed by atoms with Crippen molar-refractivity contribution in [2.45, 2.75) is 25.9 Å². The smallest absolute Gasteiger partial charge is 0.322 e. The lowest BCUT2D eigenvalue weighted by atomic mass is 9.96. The largest absolute Gasteiger partial charge is 0.368 e. The van der Waals surface area contributed by atoms with Gasteiger partial charge in [0.05, 0.1) is 18.6 Å². The number of piperazine rings is 1. The molecular formula is C24H22ClN5O4. The number of benzene rings is 1. The fourth-order valence-electron chi connectivity index (χ4n) is 4.69. The van der Waals surface area contributed by atoms with Crippen LogP contribution in [0.5, 0.6) is 0 Å². The highest BCUT2D eigenvalue weighted by atomic mass is 35.5. The van der Waals surface area contributed by atoms with Gasteiger partial charge in [-0.05, 0) is 35.9 Å². The summed E-state index contributed by atoms with van der Waals surface area (Å²) in [6.07, 6.45) is 0. The summed E-state index contributed by atoms with van der Waals surface area (Å²) in [4.78, 5) is 55.5. The summed E-state index contributed by atoms with van der Waals surface area (Å²) in [5.74, 6) is -0.374. The van der Waals surface area contributed by atoms with Gasteiger partial charge in [0.1, 0.15) is 11.0 Å². The number of carbonyl (C=O) groups excluding carboxylic acids is 3. The van der Waals surface area contributed by atoms with Gasteiger partial charge in [-0.2, -0.15) is 0 Å². The number of amides is 2. The minimum Gasteiger partial charge on any atom is -0.368 e. The lowest BCUT2D eigenvalue weighted by molar-refractivity contribution is -0.212. The number of hydroxylamine groups is 2. The zero-order valence-electron chi connectivity index (χ0n) is 18.6. The molecule has 4 heterocycles. The molecule has 0 N–H and O–H groups in total. The number of carbonyl (C=O) groups is 3. The van der Waals surface area contributed by atoms with Gasteiger partial charge in [-0.3, -0.25) is 19.3 Å². The molecule has 3 aromatic rings. The van der Waals surface area contributed by atoms with Crippen molar-refractivity contribution in [3.8, 4) is 0 Å². The predicted molar refractivity (Wildman–Crippen MR) is 125 cm³/mol. The van der Waals surface area contributed by atoms with Gasteiger partial charge in [-0.1, -0.05) is 29.8 Å². The van der Waals surface area contributed by atoms with Gasteiger partial charge in [-0.25, -0.2) is 9.97 Å². The molecule has 2 atom stereocenters. The van der Waals surface area contributed by atoms with E-state index in [1.54, 1.807) is 39.1 Å². The van der Waals surface area contributed by atoms with Crippen LogP contribution in [0.3, 0.4) is 0 Å². The maximum absolute atomic E-state index is 13.6. The van der Waals surface area contributed by atoms with E-state index in [1.807, 2.05) is 24.3 Å². The number of aromatic nitrogens is 2. The number of pyridine rings is 2. The first-order chi connectivity index (χ1) is 16.3. The summed E-state index contributed by atoms with van der Waals surface area (Å²) in [5.41, 5.74) is 1.73. The zero-order chi connectivity index (χ0) is 24.0. The molecule has 0 aliphatic carbocycles. The average Bonchev–Trinajstić information content (AvgIpc) is 3.10. The van der Waals surface area contributed by atoms with Crippen molar-refractivity contribution in [2.24, 2.45) is 0 Å². The second-order valence-corrected chi connectivity index (χ2v) is 8.70. The fraction of sp³-hybridized carbons (Fsp3) is 0.292. The van der Waals surface area contributed by atoms with E-state index in [9.17, 15) is 14.4 Å². The third-order valence-corrected chi connectivity index (χ3v) is 6.39. The zero-order valence-corrected chi connectivity index (χ0v) is 19.4. The monoisotopic (exact) mass is 479 g/mol. The Kier molecular flexibility index (Phi) is 5.66. The third kappa shape index (κ3) is 3.86. The summed E-state index contributed by atoms with van der Waals surface area (Å²) in [5, 5.41) is 2.66. The molecule has 10 heteroatoms. The van der Waals surface area contributed by atoms with Crippen molar-refractivity contribution >= 4 is 46.2 Å². The molecule has 2 unspecified atom stereocenters. The molecule has 34 heavy (non-hydrogen) atoms. The first kappa shape index (κ1) is 22.2. The van der Waals surface area contributed by atoms with Crippen LogP contribution in [0.1, 0.15) is 35.8 Å². The second-order valence-electron chi connectivity index (χ2n) is 8.31. The second kappa shape index (κ2) is 8.66. The number of hydrogen-bond donors (Lipinski definition) is 0. The topological polar surface area (TPSA) is 95.9 Å². The Hall–Kier alpha value is -3.56. The van der Waals surface area contributed by atoms with Crippen molar-refractivity contribution < 1.29 is 19.2 Å². The fourth-order valence-corrected chi connectivity index (χ4v) is 4.83. The standard InChI is InChI=1S/C24H22ClN5O4/c1-14(31)28-11-12-29(34-15(2)32)19(13-28)22-17-5-3-4-6-18(17)24(33)30(22)21-10-8-16-7-9-20(25)26-23(16)27-21/h3-10,19,22H,11-13H2,1-2H3. The minimum atomic E-state index is -0.547. The van der Waals surface area contributed by atoms with Crippen LogP contribution >= 0.6 is 11.6 Å². The van der Waals surface area contributed by atoms with E-state index in [-0.39, 0.29) is 18.4 Å². The SMILES string of the molecule is CC(=O)ON1CCN(C(C)=O)CC1C1c2ccccc2C(=O)N1c1ccc2ccc(Cl)nc2n1. The maximum Gasteiger partial charge on any atom is 0.322 e. The Morgan fingerprint density at radius 1 is 1.03 bits per heavy atom. The molecular weight excluding hydrogens is 458 g/mol. The van der Waals surface area contributed by atoms with Gasteiger partial charge in [0, 0.05) is 37.9 Å². The molecule has 0 saturated carbocycles. The molecule has 2 aliphatic rings. The Morgan fingerprint density at radius 2 is 1.79 bits per heavy atom. The van der Waals surface area contributed by atoms with Gasteiger partial charge in [0.15, 0.2) is 5.65 Å². The van der Waals surface area contributed by atoms with Crippen molar-refractivity contribution in [3.63, 3.8) is 0 Å². The molecule has 2 aromatic heterocycles. The van der Waals surface area contributed by atoms with Gasteiger partial charge in [0.2, 0.25) is 5.91 Å². The van der Waals surface area contributed by atoms with Crippen LogP contribution in [0.25, 0.3) is 11.0 Å². The van der Waals surface area contributed by atoms with Crippen LogP contribution in [-0.4, -0.2) is 63.4 Å². The van der Waals surface area contributed by atoms with E-state index < -0.39 is 18.1 Å². The first-order valence-corrected chi connectivity index (χ1v) is 11.3. The van der Waals surface area contributed by atoms with Crippen LogP contribution in [0.15, 0.2) is 48.5 Å². The number of hydrogen-bond acceptors (Lipinski definition) is 7. The molecule has 0 bridgehead atoms. The number of fused-ring (bicyclic) bond motifs is 2. The van der Waals surface area contributed by atoms with Crippen LogP contribution < -0.4 is 4.90 Å². The Balaban J connectivity index is 1.64. The highest BCUT2D eigenvalue weighted by Gasteiger charge is 2.47. The number of nitrogens with zero attached hydrogens (tertiary/aromatic N) is 5. The summed E-state index contributed by atoms with van der Waals surface area (Å²) in [6.45, 7) is 3.86. The Labute approximate surface area is 200 Å². The van der Waals surface area contributed by atoms with Crippen molar-refractivity contribution in [2.75, 3.05) is 24.5 Å². The van der Waals surface area contributed by atoms with Gasteiger partial charge in [0.25, 0.3) is 5.91 Å². The summed E-state index contributed by atoms with van der Waals surface area (Å²) >= 11 is 6.07. The van der Waals surface area contributed by atoms with Gasteiger partial charge >= 0.3 is 5.97 Å². The molecule has 1 saturated heterocycles. The van der Waals surface area contributed by atoms with E-state index >= 15 is 0 Å². The molecule has 1 fully saturated rings.